The molecule has 90 valence electrons. The lowest BCUT2D eigenvalue weighted by Crippen LogP contribution is -2.02. The maximum absolute atomic E-state index is 5.21. The predicted molar refractivity (Wildman–Crippen MR) is 76.5 cm³/mol. The van der Waals surface area contributed by atoms with E-state index in [0.717, 1.165) is 13.2 Å². The van der Waals surface area contributed by atoms with Crippen LogP contribution in [0.2, 0.25) is 0 Å². The van der Waals surface area contributed by atoms with Gasteiger partial charge in [-0.15, -0.1) is 22.7 Å². The van der Waals surface area contributed by atoms with Crippen molar-refractivity contribution in [3.63, 3.8) is 0 Å². The number of hydrogen-bond acceptors (Lipinski definition) is 3. The van der Waals surface area contributed by atoms with Crippen LogP contribution in [0.4, 0.5) is 0 Å². The van der Waals surface area contributed by atoms with Crippen molar-refractivity contribution in [2.45, 2.75) is 20.4 Å². The zero-order valence-corrected chi connectivity index (χ0v) is 11.9. The summed E-state index contributed by atoms with van der Waals surface area (Å²) < 4.78 is 10.5. The minimum atomic E-state index is 0.767. The molecule has 17 heavy (non-hydrogen) atoms. The van der Waals surface area contributed by atoms with E-state index in [-0.39, 0.29) is 0 Å². The Kier molecular flexibility index (Phi) is 2.73. The molecule has 0 aromatic carbocycles. The second-order valence-electron chi connectivity index (χ2n) is 4.29. The van der Waals surface area contributed by atoms with Crippen molar-refractivity contribution in [2.24, 2.45) is 0 Å². The molecule has 3 aromatic rings. The summed E-state index contributed by atoms with van der Waals surface area (Å²) in [5.41, 5.74) is 2.73. The Morgan fingerprint density at radius 1 is 1.06 bits per heavy atom. The van der Waals surface area contributed by atoms with Gasteiger partial charge in [0.05, 0.1) is 27.0 Å². The number of thiophene rings is 2. The van der Waals surface area contributed by atoms with Gasteiger partial charge >= 0.3 is 0 Å². The summed E-state index contributed by atoms with van der Waals surface area (Å²) in [7, 11) is 1.76. The summed E-state index contributed by atoms with van der Waals surface area (Å²) >= 11 is 3.80. The van der Waals surface area contributed by atoms with E-state index in [0.29, 0.717) is 0 Å². The van der Waals surface area contributed by atoms with Crippen LogP contribution >= 0.6 is 22.7 Å². The zero-order chi connectivity index (χ0) is 12.0. The average Bonchev–Trinajstić information content (AvgIpc) is 2.88. The lowest BCUT2D eigenvalue weighted by molar-refractivity contribution is 0.189. The van der Waals surface area contributed by atoms with Gasteiger partial charge in [-0.3, -0.25) is 0 Å². The van der Waals surface area contributed by atoms with Gasteiger partial charge in [0.1, 0.15) is 0 Å². The zero-order valence-electron chi connectivity index (χ0n) is 10.2. The highest BCUT2D eigenvalue weighted by atomic mass is 32.1. The van der Waals surface area contributed by atoms with Gasteiger partial charge in [-0.1, -0.05) is 0 Å². The fraction of sp³-hybridized carbons (Fsp3) is 0.385. The summed E-state index contributed by atoms with van der Waals surface area (Å²) in [6, 6.07) is 4.58. The maximum atomic E-state index is 5.21. The summed E-state index contributed by atoms with van der Waals surface area (Å²) in [5, 5.41) is 0. The molecule has 0 saturated heterocycles. The van der Waals surface area contributed by atoms with E-state index in [1.165, 1.54) is 30.2 Å². The van der Waals surface area contributed by atoms with Crippen LogP contribution in [0.25, 0.3) is 20.4 Å². The topological polar surface area (TPSA) is 14.2 Å². The molecule has 0 N–H and O–H groups in total. The molecule has 0 aliphatic carbocycles. The molecular weight excluding hydrogens is 250 g/mol. The molecule has 0 unspecified atom stereocenters. The fourth-order valence-corrected chi connectivity index (χ4v) is 4.46. The van der Waals surface area contributed by atoms with Crippen LogP contribution in [0.15, 0.2) is 12.1 Å². The number of nitrogens with zero attached hydrogens (tertiary/aromatic N) is 1. The average molecular weight is 265 g/mol. The van der Waals surface area contributed by atoms with Crippen LogP contribution in [-0.2, 0) is 11.3 Å². The Morgan fingerprint density at radius 3 is 2.06 bits per heavy atom. The monoisotopic (exact) mass is 265 g/mol. The Hall–Kier alpha value is -0.840. The molecule has 0 radical (unpaired) electrons. The largest absolute Gasteiger partial charge is 0.383 e. The van der Waals surface area contributed by atoms with Crippen LogP contribution in [-0.4, -0.2) is 18.3 Å². The molecular formula is C13H15NOS2. The third-order valence-electron chi connectivity index (χ3n) is 2.98. The molecule has 3 heterocycles. The van der Waals surface area contributed by atoms with E-state index in [1.807, 2.05) is 22.7 Å². The molecule has 0 bridgehead atoms. The van der Waals surface area contributed by atoms with Gasteiger partial charge in [0.2, 0.25) is 0 Å². The first-order valence-corrected chi connectivity index (χ1v) is 7.31. The number of hydrogen-bond donors (Lipinski definition) is 0. The number of methoxy groups -OCH3 is 1. The van der Waals surface area contributed by atoms with Crippen LogP contribution in [0, 0.1) is 13.8 Å². The van der Waals surface area contributed by atoms with Crippen LogP contribution < -0.4 is 0 Å². The van der Waals surface area contributed by atoms with E-state index in [9.17, 15) is 0 Å². The van der Waals surface area contributed by atoms with Crippen molar-refractivity contribution >= 4 is 43.1 Å². The number of aromatic nitrogens is 1. The smallest absolute Gasteiger partial charge is 0.0703 e. The quantitative estimate of drug-likeness (QED) is 0.693. The van der Waals surface area contributed by atoms with Crippen molar-refractivity contribution in [1.82, 2.24) is 4.57 Å². The van der Waals surface area contributed by atoms with Crippen LogP contribution in [0.1, 0.15) is 9.75 Å². The van der Waals surface area contributed by atoms with E-state index in [4.69, 9.17) is 4.74 Å². The highest BCUT2D eigenvalue weighted by Crippen LogP contribution is 2.39. The van der Waals surface area contributed by atoms with E-state index >= 15 is 0 Å². The SMILES string of the molecule is COCCn1c2cc(C)sc2c2sc(C)cc21. The third kappa shape index (κ3) is 1.71. The second kappa shape index (κ2) is 4.12. The van der Waals surface area contributed by atoms with Gasteiger partial charge in [0.25, 0.3) is 0 Å². The van der Waals surface area contributed by atoms with Gasteiger partial charge in [0, 0.05) is 23.4 Å². The first kappa shape index (κ1) is 11.3. The minimum absolute atomic E-state index is 0.767. The minimum Gasteiger partial charge on any atom is -0.383 e. The lowest BCUT2D eigenvalue weighted by Gasteiger charge is -2.04. The molecule has 0 saturated carbocycles. The standard InChI is InChI=1S/C13H15NOS2/c1-8-6-10-12(16-8)13-11(7-9(2)17-13)14(10)4-5-15-3/h6-7H,4-5H2,1-3H3. The fourth-order valence-electron chi connectivity index (χ4n) is 2.28. The Balaban J connectivity index is 2.30. The molecule has 3 aromatic heterocycles. The first-order valence-electron chi connectivity index (χ1n) is 5.68. The van der Waals surface area contributed by atoms with Crippen molar-refractivity contribution in [1.29, 1.82) is 0 Å². The van der Waals surface area contributed by atoms with Gasteiger partial charge in [-0.25, -0.2) is 0 Å². The summed E-state index contributed by atoms with van der Waals surface area (Å²) in [5.74, 6) is 0. The van der Waals surface area contributed by atoms with Crippen molar-refractivity contribution < 1.29 is 4.74 Å². The number of fused-ring (bicyclic) bond motifs is 3. The Bertz CT molecular complexity index is 620. The van der Waals surface area contributed by atoms with Crippen molar-refractivity contribution in [2.75, 3.05) is 13.7 Å². The first-order chi connectivity index (χ1) is 8.20. The Morgan fingerprint density at radius 2 is 1.59 bits per heavy atom. The molecule has 2 nitrogen and oxygen atoms in total. The number of aryl methyl sites for hydroxylation is 2. The summed E-state index contributed by atoms with van der Waals surface area (Å²) in [6.45, 7) is 6.06. The van der Waals surface area contributed by atoms with Crippen molar-refractivity contribution in [3.05, 3.63) is 21.9 Å². The van der Waals surface area contributed by atoms with Gasteiger partial charge < -0.3 is 9.30 Å². The molecule has 0 aliphatic heterocycles. The van der Waals surface area contributed by atoms with Gasteiger partial charge in [0.15, 0.2) is 0 Å². The predicted octanol–water partition coefficient (Wildman–Crippen LogP) is 4.18. The lowest BCUT2D eigenvalue weighted by atomic mass is 10.4. The van der Waals surface area contributed by atoms with Gasteiger partial charge in [-0.2, -0.15) is 0 Å². The second-order valence-corrected chi connectivity index (χ2v) is 6.80. The maximum Gasteiger partial charge on any atom is 0.0703 e. The Labute approximate surface area is 108 Å². The summed E-state index contributed by atoms with van der Waals surface area (Å²) in [4.78, 5) is 2.77. The highest BCUT2D eigenvalue weighted by molar-refractivity contribution is 7.27. The molecule has 0 spiro atoms. The van der Waals surface area contributed by atoms with E-state index in [1.54, 1.807) is 7.11 Å². The summed E-state index contributed by atoms with van der Waals surface area (Å²) in [6.07, 6.45) is 0. The number of ether oxygens (including phenoxy) is 1. The van der Waals surface area contributed by atoms with Gasteiger partial charge in [-0.05, 0) is 26.0 Å². The molecule has 0 atom stereocenters. The third-order valence-corrected chi connectivity index (χ3v) is 5.22. The van der Waals surface area contributed by atoms with Crippen LogP contribution in [0.5, 0.6) is 0 Å². The molecule has 0 amide bonds. The molecule has 3 rings (SSSR count). The van der Waals surface area contributed by atoms with E-state index < -0.39 is 0 Å². The normalized spacial score (nSPS) is 11.9. The molecule has 0 aliphatic rings. The molecule has 0 fully saturated rings. The van der Waals surface area contributed by atoms with Crippen molar-refractivity contribution in [3.8, 4) is 0 Å². The molecule has 4 heteroatoms. The number of rotatable bonds is 3. The van der Waals surface area contributed by atoms with E-state index in [2.05, 4.69) is 30.5 Å². The highest BCUT2D eigenvalue weighted by Gasteiger charge is 2.15. The van der Waals surface area contributed by atoms with Crippen LogP contribution in [0.3, 0.4) is 0 Å².